The van der Waals surface area contributed by atoms with Crippen molar-refractivity contribution in [1.82, 2.24) is 9.21 Å². The summed E-state index contributed by atoms with van der Waals surface area (Å²) in [5.41, 5.74) is 0.927. The normalized spacial score (nSPS) is 18.9. The number of carbonyl (C=O) groups excluding carboxylic acids is 1. The van der Waals surface area contributed by atoms with Gasteiger partial charge in [-0.3, -0.25) is 4.79 Å². The first-order valence-corrected chi connectivity index (χ1v) is 12.3. The third-order valence-electron chi connectivity index (χ3n) is 5.86. The number of amides is 1. The molecule has 2 aromatic rings. The quantitative estimate of drug-likeness (QED) is 0.660. The Hall–Kier alpha value is -2.65. The van der Waals surface area contributed by atoms with Crippen molar-refractivity contribution in [3.05, 3.63) is 53.8 Å². The number of sulfonamides is 1. The molecule has 0 saturated carbocycles. The van der Waals surface area contributed by atoms with Crippen LogP contribution in [0.5, 0.6) is 11.5 Å². The van der Waals surface area contributed by atoms with Gasteiger partial charge in [-0.2, -0.15) is 4.31 Å². The summed E-state index contributed by atoms with van der Waals surface area (Å²) in [5.74, 6) is 0.390. The summed E-state index contributed by atoms with van der Waals surface area (Å²) in [6.07, 6.45) is 1.23. The zero-order valence-electron chi connectivity index (χ0n) is 18.0. The van der Waals surface area contributed by atoms with E-state index in [0.717, 1.165) is 17.7 Å². The molecule has 1 atom stereocenters. The summed E-state index contributed by atoms with van der Waals surface area (Å²) in [4.78, 5) is 15.1. The molecular formula is C23H27FN2O5S. The minimum atomic E-state index is -3.78. The third kappa shape index (κ3) is 4.73. The molecule has 2 aliphatic heterocycles. The average Bonchev–Trinajstić information content (AvgIpc) is 2.82. The van der Waals surface area contributed by atoms with Crippen LogP contribution in [0.1, 0.15) is 25.3 Å². The van der Waals surface area contributed by atoms with Gasteiger partial charge >= 0.3 is 0 Å². The van der Waals surface area contributed by atoms with E-state index in [-0.39, 0.29) is 17.3 Å². The zero-order chi connectivity index (χ0) is 22.7. The van der Waals surface area contributed by atoms with E-state index >= 15 is 0 Å². The molecule has 0 bridgehead atoms. The van der Waals surface area contributed by atoms with E-state index in [9.17, 15) is 17.6 Å². The van der Waals surface area contributed by atoms with Gasteiger partial charge in [0.2, 0.25) is 15.9 Å². The Morgan fingerprint density at radius 2 is 1.84 bits per heavy atom. The molecule has 9 heteroatoms. The van der Waals surface area contributed by atoms with Crippen LogP contribution >= 0.6 is 0 Å². The summed E-state index contributed by atoms with van der Waals surface area (Å²) in [5, 5.41) is 0. The largest absolute Gasteiger partial charge is 0.486 e. The summed E-state index contributed by atoms with van der Waals surface area (Å²) >= 11 is 0. The standard InChI is InChI=1S/C23H27FN2O5S/c1-2-25(15-17-5-10-21-22(14-17)31-13-12-30-21)23(27)18-4-3-11-26(16-18)32(28,29)20-8-6-19(24)7-9-20/h5-10,14,18H,2-4,11-13,15-16H2,1H3/t18-/m0/s1. The van der Waals surface area contributed by atoms with Gasteiger partial charge in [-0.1, -0.05) is 6.07 Å². The molecule has 0 N–H and O–H groups in total. The van der Waals surface area contributed by atoms with Crippen LogP contribution < -0.4 is 9.47 Å². The molecule has 2 aliphatic rings. The topological polar surface area (TPSA) is 76.2 Å². The van der Waals surface area contributed by atoms with Gasteiger partial charge in [-0.25, -0.2) is 12.8 Å². The van der Waals surface area contributed by atoms with Crippen LogP contribution in [-0.4, -0.2) is 56.4 Å². The van der Waals surface area contributed by atoms with Gasteiger partial charge in [-0.05, 0) is 61.7 Å². The number of nitrogens with zero attached hydrogens (tertiary/aromatic N) is 2. The minimum Gasteiger partial charge on any atom is -0.486 e. The van der Waals surface area contributed by atoms with Gasteiger partial charge in [0.25, 0.3) is 0 Å². The first kappa shape index (κ1) is 22.5. The van der Waals surface area contributed by atoms with Crippen LogP contribution in [0.15, 0.2) is 47.4 Å². The number of rotatable bonds is 6. The number of hydrogen-bond acceptors (Lipinski definition) is 5. The van der Waals surface area contributed by atoms with Crippen molar-refractivity contribution in [1.29, 1.82) is 0 Å². The molecule has 2 aromatic carbocycles. The second-order valence-corrected chi connectivity index (χ2v) is 9.92. The molecule has 4 rings (SSSR count). The number of benzene rings is 2. The maximum Gasteiger partial charge on any atom is 0.243 e. The van der Waals surface area contributed by atoms with Crippen LogP contribution in [-0.2, 0) is 21.4 Å². The number of carbonyl (C=O) groups is 1. The van der Waals surface area contributed by atoms with Gasteiger partial charge in [0.1, 0.15) is 19.0 Å². The average molecular weight is 463 g/mol. The molecule has 0 aliphatic carbocycles. The number of hydrogen-bond donors (Lipinski definition) is 0. The maximum absolute atomic E-state index is 13.3. The number of ether oxygens (including phenoxy) is 2. The minimum absolute atomic E-state index is 0.0376. The van der Waals surface area contributed by atoms with Gasteiger partial charge in [0.05, 0.1) is 10.8 Å². The molecule has 1 amide bonds. The van der Waals surface area contributed by atoms with Crippen molar-refractivity contribution in [2.75, 3.05) is 32.8 Å². The second kappa shape index (κ2) is 9.46. The summed E-state index contributed by atoms with van der Waals surface area (Å²) in [7, 11) is -3.78. The third-order valence-corrected chi connectivity index (χ3v) is 7.74. The molecule has 0 unspecified atom stereocenters. The molecule has 1 fully saturated rings. The Morgan fingerprint density at radius 3 is 2.56 bits per heavy atom. The lowest BCUT2D eigenvalue weighted by Crippen LogP contribution is -2.46. The highest BCUT2D eigenvalue weighted by Crippen LogP contribution is 2.31. The first-order valence-electron chi connectivity index (χ1n) is 10.8. The van der Waals surface area contributed by atoms with Crippen molar-refractivity contribution in [3.63, 3.8) is 0 Å². The van der Waals surface area contributed by atoms with E-state index < -0.39 is 21.8 Å². The predicted octanol–water partition coefficient (Wildman–Crippen LogP) is 3.05. The molecule has 172 valence electrons. The fraction of sp³-hybridized carbons (Fsp3) is 0.435. The van der Waals surface area contributed by atoms with E-state index in [1.165, 1.54) is 16.4 Å². The van der Waals surface area contributed by atoms with Crippen molar-refractivity contribution in [2.24, 2.45) is 5.92 Å². The van der Waals surface area contributed by atoms with E-state index in [1.54, 1.807) is 4.90 Å². The van der Waals surface area contributed by atoms with Gasteiger partial charge in [0, 0.05) is 26.2 Å². The van der Waals surface area contributed by atoms with Crippen LogP contribution in [0, 0.1) is 11.7 Å². The highest BCUT2D eigenvalue weighted by atomic mass is 32.2. The van der Waals surface area contributed by atoms with Crippen LogP contribution in [0.25, 0.3) is 0 Å². The van der Waals surface area contributed by atoms with Crippen molar-refractivity contribution < 1.29 is 27.1 Å². The summed E-state index contributed by atoms with van der Waals surface area (Å²) < 4.78 is 51.7. The first-order chi connectivity index (χ1) is 15.4. The highest BCUT2D eigenvalue weighted by Gasteiger charge is 2.35. The molecule has 0 radical (unpaired) electrons. The highest BCUT2D eigenvalue weighted by molar-refractivity contribution is 7.89. The Morgan fingerprint density at radius 1 is 1.12 bits per heavy atom. The molecule has 2 heterocycles. The second-order valence-electron chi connectivity index (χ2n) is 7.99. The van der Waals surface area contributed by atoms with Gasteiger partial charge in [0.15, 0.2) is 11.5 Å². The Balaban J connectivity index is 1.46. The van der Waals surface area contributed by atoms with Crippen molar-refractivity contribution >= 4 is 15.9 Å². The lowest BCUT2D eigenvalue weighted by Gasteiger charge is -2.34. The molecule has 32 heavy (non-hydrogen) atoms. The SMILES string of the molecule is CCN(Cc1ccc2c(c1)OCCO2)C(=O)[C@H]1CCCN(S(=O)(=O)c2ccc(F)cc2)C1. The van der Waals surface area contributed by atoms with Crippen LogP contribution in [0.3, 0.4) is 0 Å². The molecular weight excluding hydrogens is 435 g/mol. The van der Waals surface area contributed by atoms with Gasteiger partial charge < -0.3 is 14.4 Å². The lowest BCUT2D eigenvalue weighted by atomic mass is 9.97. The summed E-state index contributed by atoms with van der Waals surface area (Å²) in [6, 6.07) is 10.4. The number of piperidine rings is 1. The number of fused-ring (bicyclic) bond motifs is 1. The molecule has 7 nitrogen and oxygen atoms in total. The van der Waals surface area contributed by atoms with Crippen molar-refractivity contribution in [3.8, 4) is 11.5 Å². The smallest absolute Gasteiger partial charge is 0.243 e. The summed E-state index contributed by atoms with van der Waals surface area (Å²) in [6.45, 7) is 4.31. The number of halogens is 1. The van der Waals surface area contributed by atoms with E-state index in [1.807, 2.05) is 25.1 Å². The van der Waals surface area contributed by atoms with Crippen molar-refractivity contribution in [2.45, 2.75) is 31.2 Å². The van der Waals surface area contributed by atoms with Crippen LogP contribution in [0.4, 0.5) is 4.39 Å². The predicted molar refractivity (Wildman–Crippen MR) is 116 cm³/mol. The maximum atomic E-state index is 13.3. The van der Waals surface area contributed by atoms with E-state index in [2.05, 4.69) is 0 Å². The Kier molecular flexibility index (Phi) is 6.66. The molecule has 1 saturated heterocycles. The zero-order valence-corrected chi connectivity index (χ0v) is 18.8. The van der Waals surface area contributed by atoms with E-state index in [4.69, 9.17) is 9.47 Å². The van der Waals surface area contributed by atoms with E-state index in [0.29, 0.717) is 57.2 Å². The molecule has 0 spiro atoms. The molecule has 0 aromatic heterocycles. The Bertz CT molecular complexity index is 1070. The fourth-order valence-electron chi connectivity index (χ4n) is 4.13. The van der Waals surface area contributed by atoms with Gasteiger partial charge in [-0.15, -0.1) is 0 Å². The van der Waals surface area contributed by atoms with Crippen LogP contribution in [0.2, 0.25) is 0 Å². The Labute approximate surface area is 187 Å². The fourth-order valence-corrected chi connectivity index (χ4v) is 5.65. The lowest BCUT2D eigenvalue weighted by molar-refractivity contribution is -0.137. The monoisotopic (exact) mass is 462 g/mol.